The summed E-state index contributed by atoms with van der Waals surface area (Å²) in [6, 6.07) is 7.01. The smallest absolute Gasteiger partial charge is 0.310 e. The fourth-order valence-electron chi connectivity index (χ4n) is 1.72. The van der Waals surface area contributed by atoms with E-state index in [1.54, 1.807) is 31.4 Å². The summed E-state index contributed by atoms with van der Waals surface area (Å²) in [6.45, 7) is -0.0167. The predicted molar refractivity (Wildman–Crippen MR) is 81.9 cm³/mol. The Bertz CT molecular complexity index is 526. The van der Waals surface area contributed by atoms with Gasteiger partial charge in [-0.25, -0.2) is 0 Å². The molecule has 0 atom stereocenters. The molecule has 23 heavy (non-hydrogen) atoms. The van der Waals surface area contributed by atoms with Gasteiger partial charge in [-0.05, 0) is 24.1 Å². The summed E-state index contributed by atoms with van der Waals surface area (Å²) in [6.07, 6.45) is 0.784. The second-order valence-corrected chi connectivity index (χ2v) is 4.72. The van der Waals surface area contributed by atoms with Gasteiger partial charge in [0, 0.05) is 13.0 Å². The molecule has 0 saturated carbocycles. The van der Waals surface area contributed by atoms with E-state index < -0.39 is 11.9 Å². The van der Waals surface area contributed by atoms with Crippen LogP contribution in [0.15, 0.2) is 24.3 Å². The van der Waals surface area contributed by atoms with Crippen molar-refractivity contribution in [2.75, 3.05) is 27.4 Å². The quantitative estimate of drug-likeness (QED) is 0.535. The fraction of sp³-hybridized carbons (Fsp3) is 0.438. The van der Waals surface area contributed by atoms with Crippen LogP contribution in [-0.2, 0) is 30.3 Å². The minimum absolute atomic E-state index is 0.0830. The van der Waals surface area contributed by atoms with Crippen LogP contribution in [0.4, 0.5) is 0 Å². The third kappa shape index (κ3) is 7.85. The van der Waals surface area contributed by atoms with E-state index in [1.165, 1.54) is 7.11 Å². The Labute approximate surface area is 134 Å². The highest BCUT2D eigenvalue weighted by Crippen LogP contribution is 2.11. The second-order valence-electron chi connectivity index (χ2n) is 4.72. The van der Waals surface area contributed by atoms with Crippen molar-refractivity contribution in [3.05, 3.63) is 29.8 Å². The van der Waals surface area contributed by atoms with Gasteiger partial charge in [-0.3, -0.25) is 14.4 Å². The molecule has 7 nitrogen and oxygen atoms in total. The molecule has 0 heterocycles. The molecule has 0 aromatic heterocycles. The van der Waals surface area contributed by atoms with Crippen LogP contribution in [0.5, 0.6) is 5.75 Å². The molecule has 0 bridgehead atoms. The summed E-state index contributed by atoms with van der Waals surface area (Å²) >= 11 is 0. The molecule has 0 aliphatic heterocycles. The minimum Gasteiger partial charge on any atom is -0.497 e. The van der Waals surface area contributed by atoms with Crippen molar-refractivity contribution in [1.29, 1.82) is 0 Å². The molecule has 1 amide bonds. The van der Waals surface area contributed by atoms with Gasteiger partial charge in [-0.1, -0.05) is 12.1 Å². The maximum atomic E-state index is 11.6. The third-order valence-electron chi connectivity index (χ3n) is 2.98. The molecule has 1 aromatic rings. The van der Waals surface area contributed by atoms with Gasteiger partial charge in [0.2, 0.25) is 0 Å². The summed E-state index contributed by atoms with van der Waals surface area (Å²) in [5.41, 5.74) is 0.772. The molecule has 0 radical (unpaired) electrons. The van der Waals surface area contributed by atoms with Gasteiger partial charge < -0.3 is 19.5 Å². The first kappa shape index (κ1) is 18.5. The largest absolute Gasteiger partial charge is 0.497 e. The molecule has 0 aliphatic carbocycles. The Kier molecular flexibility index (Phi) is 8.20. The lowest BCUT2D eigenvalue weighted by Crippen LogP contribution is -2.30. The molecule has 0 spiro atoms. The van der Waals surface area contributed by atoms with E-state index in [-0.39, 0.29) is 25.4 Å². The Morgan fingerprint density at radius 2 is 1.74 bits per heavy atom. The highest BCUT2D eigenvalue weighted by atomic mass is 16.5. The van der Waals surface area contributed by atoms with Gasteiger partial charge in [0.15, 0.2) is 6.61 Å². The highest BCUT2D eigenvalue weighted by Gasteiger charge is 2.09. The number of amides is 1. The van der Waals surface area contributed by atoms with Crippen molar-refractivity contribution in [3.63, 3.8) is 0 Å². The van der Waals surface area contributed by atoms with Crippen LogP contribution in [-0.4, -0.2) is 45.2 Å². The molecular weight excluding hydrogens is 302 g/mol. The number of rotatable bonds is 9. The van der Waals surface area contributed by atoms with Gasteiger partial charge in [-0.2, -0.15) is 0 Å². The average Bonchev–Trinajstić information content (AvgIpc) is 2.57. The molecule has 126 valence electrons. The molecule has 1 aromatic carbocycles. The number of benzene rings is 1. The van der Waals surface area contributed by atoms with Gasteiger partial charge in [0.05, 0.1) is 20.6 Å². The first-order valence-electron chi connectivity index (χ1n) is 7.17. The van der Waals surface area contributed by atoms with Crippen molar-refractivity contribution < 1.29 is 28.6 Å². The van der Waals surface area contributed by atoms with Crippen LogP contribution in [0.3, 0.4) is 0 Å². The standard InChI is InChI=1S/C16H21NO6/c1-21-13-7-5-12(6-8-13)10-16(20)23-11-14(18)17-9-3-4-15(19)22-2/h5-8H,3-4,9-11H2,1-2H3,(H,17,18). The monoisotopic (exact) mass is 323 g/mol. The molecule has 0 fully saturated rings. The van der Waals surface area contributed by atoms with E-state index in [1.807, 2.05) is 0 Å². The number of nitrogens with one attached hydrogen (secondary N) is 1. The number of esters is 2. The predicted octanol–water partition coefficient (Wildman–Crippen LogP) is 0.850. The van der Waals surface area contributed by atoms with Gasteiger partial charge in [-0.15, -0.1) is 0 Å². The number of hydrogen-bond donors (Lipinski definition) is 1. The third-order valence-corrected chi connectivity index (χ3v) is 2.98. The van der Waals surface area contributed by atoms with Crippen molar-refractivity contribution in [2.24, 2.45) is 0 Å². The summed E-state index contributed by atoms with van der Waals surface area (Å²) in [4.78, 5) is 34.0. The molecule has 1 rings (SSSR count). The lowest BCUT2D eigenvalue weighted by Gasteiger charge is -2.07. The SMILES string of the molecule is COC(=O)CCCNC(=O)COC(=O)Cc1ccc(OC)cc1. The number of ether oxygens (including phenoxy) is 3. The lowest BCUT2D eigenvalue weighted by atomic mass is 10.1. The van der Waals surface area contributed by atoms with Crippen molar-refractivity contribution in [2.45, 2.75) is 19.3 Å². The van der Waals surface area contributed by atoms with E-state index in [4.69, 9.17) is 9.47 Å². The molecular formula is C16H21NO6. The number of hydrogen-bond acceptors (Lipinski definition) is 6. The zero-order valence-electron chi connectivity index (χ0n) is 13.3. The van der Waals surface area contributed by atoms with Gasteiger partial charge in [0.1, 0.15) is 5.75 Å². The minimum atomic E-state index is -0.486. The molecule has 0 aliphatic rings. The summed E-state index contributed by atoms with van der Waals surface area (Å²) in [7, 11) is 2.87. The summed E-state index contributed by atoms with van der Waals surface area (Å²) in [5.74, 6) is -0.517. The summed E-state index contributed by atoms with van der Waals surface area (Å²) in [5, 5.41) is 2.56. The lowest BCUT2D eigenvalue weighted by molar-refractivity contribution is -0.147. The Balaban J connectivity index is 2.19. The molecule has 0 unspecified atom stereocenters. The maximum absolute atomic E-state index is 11.6. The van der Waals surface area contributed by atoms with E-state index in [0.29, 0.717) is 18.7 Å². The van der Waals surface area contributed by atoms with Crippen LogP contribution < -0.4 is 10.1 Å². The molecule has 1 N–H and O–H groups in total. The van der Waals surface area contributed by atoms with E-state index in [0.717, 1.165) is 5.56 Å². The van der Waals surface area contributed by atoms with Crippen LogP contribution in [0.2, 0.25) is 0 Å². The summed E-state index contributed by atoms with van der Waals surface area (Å²) < 4.78 is 14.4. The normalized spacial score (nSPS) is 9.83. The first-order chi connectivity index (χ1) is 11.0. The zero-order chi connectivity index (χ0) is 17.1. The second kappa shape index (κ2) is 10.2. The first-order valence-corrected chi connectivity index (χ1v) is 7.17. The van der Waals surface area contributed by atoms with Gasteiger partial charge in [0.25, 0.3) is 5.91 Å². The Hall–Kier alpha value is -2.57. The number of carbonyl (C=O) groups excluding carboxylic acids is 3. The van der Waals surface area contributed by atoms with Crippen molar-refractivity contribution in [3.8, 4) is 5.75 Å². The van der Waals surface area contributed by atoms with Crippen LogP contribution >= 0.6 is 0 Å². The molecule has 0 saturated heterocycles. The zero-order valence-corrected chi connectivity index (χ0v) is 13.3. The van der Waals surface area contributed by atoms with Crippen molar-refractivity contribution >= 4 is 17.8 Å². The fourth-order valence-corrected chi connectivity index (χ4v) is 1.72. The van der Waals surface area contributed by atoms with E-state index in [9.17, 15) is 14.4 Å². The average molecular weight is 323 g/mol. The highest BCUT2D eigenvalue weighted by molar-refractivity contribution is 5.81. The van der Waals surface area contributed by atoms with E-state index in [2.05, 4.69) is 10.1 Å². The van der Waals surface area contributed by atoms with Crippen LogP contribution in [0, 0.1) is 0 Å². The van der Waals surface area contributed by atoms with E-state index >= 15 is 0 Å². The Morgan fingerprint density at radius 3 is 2.35 bits per heavy atom. The van der Waals surface area contributed by atoms with Crippen LogP contribution in [0.1, 0.15) is 18.4 Å². The Morgan fingerprint density at radius 1 is 1.04 bits per heavy atom. The molecule has 7 heteroatoms. The number of carbonyl (C=O) groups is 3. The van der Waals surface area contributed by atoms with Crippen LogP contribution in [0.25, 0.3) is 0 Å². The maximum Gasteiger partial charge on any atom is 0.310 e. The number of methoxy groups -OCH3 is 2. The topological polar surface area (TPSA) is 90.9 Å². The van der Waals surface area contributed by atoms with Gasteiger partial charge >= 0.3 is 11.9 Å². The van der Waals surface area contributed by atoms with Crippen molar-refractivity contribution in [1.82, 2.24) is 5.32 Å².